The van der Waals surface area contributed by atoms with E-state index in [9.17, 15) is 0 Å². The van der Waals surface area contributed by atoms with Gasteiger partial charge in [-0.25, -0.2) is 4.98 Å². The molecular formula is C26H31N5. The molecular weight excluding hydrogens is 382 g/mol. The molecule has 31 heavy (non-hydrogen) atoms. The van der Waals surface area contributed by atoms with Gasteiger partial charge in [-0.3, -0.25) is 4.98 Å². The van der Waals surface area contributed by atoms with Crippen molar-refractivity contribution in [1.82, 2.24) is 19.6 Å². The molecule has 3 heterocycles. The fraction of sp³-hybridized carbons (Fsp3) is 0.346. The largest absolute Gasteiger partial charge is 0.366 e. The van der Waals surface area contributed by atoms with Crippen LogP contribution in [0.25, 0.3) is 16.9 Å². The lowest BCUT2D eigenvalue weighted by Crippen LogP contribution is -2.07. The Hall–Kier alpha value is -3.21. The van der Waals surface area contributed by atoms with Gasteiger partial charge in [0.05, 0.1) is 11.9 Å². The molecule has 0 amide bonds. The van der Waals surface area contributed by atoms with Crippen LogP contribution in [-0.2, 0) is 13.0 Å². The average molecular weight is 414 g/mol. The first-order valence-corrected chi connectivity index (χ1v) is 11.4. The quantitative estimate of drug-likeness (QED) is 0.411. The Balaban J connectivity index is 0.00000112. The number of aromatic nitrogens is 4. The standard InChI is InChI=1S/C24H25N5.C2H6/c1-2-10-20(11-3-1)22-14-23(26-16-19-9-6-12-25-15-19)29-24(28-22)21(17-27-29)13-18-7-4-5-8-18;1-2/h1-3,6,9-12,14-15,17-18,26H,4-5,7-8,13,16H2;1-2H3. The van der Waals surface area contributed by atoms with E-state index in [1.165, 1.54) is 31.2 Å². The van der Waals surface area contributed by atoms with Crippen LogP contribution in [0.1, 0.15) is 50.7 Å². The number of nitrogens with zero attached hydrogens (tertiary/aromatic N) is 4. The van der Waals surface area contributed by atoms with E-state index in [4.69, 9.17) is 4.98 Å². The van der Waals surface area contributed by atoms with Crippen molar-refractivity contribution in [1.29, 1.82) is 0 Å². The summed E-state index contributed by atoms with van der Waals surface area (Å²) in [6, 6.07) is 16.5. The van der Waals surface area contributed by atoms with Gasteiger partial charge in [-0.05, 0) is 24.0 Å². The van der Waals surface area contributed by atoms with Crippen molar-refractivity contribution in [3.05, 3.63) is 78.2 Å². The zero-order chi connectivity index (χ0) is 21.5. The number of rotatable bonds is 6. The fourth-order valence-corrected chi connectivity index (χ4v) is 4.26. The molecule has 4 aromatic rings. The number of benzene rings is 1. The van der Waals surface area contributed by atoms with Gasteiger partial charge in [0.1, 0.15) is 5.82 Å². The van der Waals surface area contributed by atoms with Gasteiger partial charge in [0.2, 0.25) is 0 Å². The minimum atomic E-state index is 0.693. The van der Waals surface area contributed by atoms with Gasteiger partial charge >= 0.3 is 0 Å². The van der Waals surface area contributed by atoms with Crippen LogP contribution in [0.3, 0.4) is 0 Å². The predicted molar refractivity (Wildman–Crippen MR) is 127 cm³/mol. The van der Waals surface area contributed by atoms with Crippen LogP contribution in [0.2, 0.25) is 0 Å². The molecule has 1 aromatic carbocycles. The summed E-state index contributed by atoms with van der Waals surface area (Å²) in [5.74, 6) is 1.72. The first kappa shape index (κ1) is 21.0. The van der Waals surface area contributed by atoms with Gasteiger partial charge in [-0.15, -0.1) is 0 Å². The molecule has 1 aliphatic rings. The van der Waals surface area contributed by atoms with Gasteiger partial charge in [-0.2, -0.15) is 9.61 Å². The smallest absolute Gasteiger partial charge is 0.161 e. The van der Waals surface area contributed by atoms with Crippen LogP contribution in [0, 0.1) is 5.92 Å². The predicted octanol–water partition coefficient (Wildman–Crippen LogP) is 6.16. The number of hydrogen-bond acceptors (Lipinski definition) is 4. The van der Waals surface area contributed by atoms with Crippen LogP contribution >= 0.6 is 0 Å². The number of anilines is 1. The van der Waals surface area contributed by atoms with E-state index in [2.05, 4.69) is 51.8 Å². The molecule has 0 spiro atoms. The number of pyridine rings is 1. The molecule has 0 bridgehead atoms. The second kappa shape index (κ2) is 10.2. The second-order valence-corrected chi connectivity index (χ2v) is 7.87. The lowest BCUT2D eigenvalue weighted by Gasteiger charge is -2.12. The van der Waals surface area contributed by atoms with Gasteiger partial charge in [-0.1, -0.05) is 75.9 Å². The lowest BCUT2D eigenvalue weighted by molar-refractivity contribution is 0.548. The van der Waals surface area contributed by atoms with E-state index < -0.39 is 0 Å². The van der Waals surface area contributed by atoms with E-state index in [1.54, 1.807) is 6.20 Å². The summed E-state index contributed by atoms with van der Waals surface area (Å²) in [6.07, 6.45) is 12.1. The Morgan fingerprint density at radius 3 is 2.55 bits per heavy atom. The maximum absolute atomic E-state index is 5.01. The molecule has 5 nitrogen and oxygen atoms in total. The highest BCUT2D eigenvalue weighted by molar-refractivity contribution is 5.67. The van der Waals surface area contributed by atoms with Crippen molar-refractivity contribution in [3.8, 4) is 11.3 Å². The van der Waals surface area contributed by atoms with Crippen molar-refractivity contribution in [2.45, 2.75) is 52.5 Å². The first-order chi connectivity index (χ1) is 15.4. The second-order valence-electron chi connectivity index (χ2n) is 7.87. The highest BCUT2D eigenvalue weighted by Gasteiger charge is 2.19. The average Bonchev–Trinajstić information content (AvgIpc) is 3.51. The Kier molecular flexibility index (Phi) is 6.92. The third-order valence-electron chi connectivity index (χ3n) is 5.79. The summed E-state index contributed by atoms with van der Waals surface area (Å²) in [5.41, 5.74) is 5.44. The summed E-state index contributed by atoms with van der Waals surface area (Å²) in [5, 5.41) is 8.23. The van der Waals surface area contributed by atoms with Crippen molar-refractivity contribution >= 4 is 11.5 Å². The van der Waals surface area contributed by atoms with Gasteiger partial charge in [0.15, 0.2) is 5.65 Å². The molecule has 0 unspecified atom stereocenters. The van der Waals surface area contributed by atoms with Gasteiger partial charge < -0.3 is 5.32 Å². The maximum Gasteiger partial charge on any atom is 0.161 e. The molecule has 1 aliphatic carbocycles. The third kappa shape index (κ3) is 4.93. The van der Waals surface area contributed by atoms with Crippen LogP contribution < -0.4 is 5.32 Å². The molecule has 0 atom stereocenters. The molecule has 5 heteroatoms. The first-order valence-electron chi connectivity index (χ1n) is 11.4. The minimum Gasteiger partial charge on any atom is -0.366 e. The zero-order valence-electron chi connectivity index (χ0n) is 18.5. The van der Waals surface area contributed by atoms with Crippen LogP contribution in [0.5, 0.6) is 0 Å². The van der Waals surface area contributed by atoms with Crippen LogP contribution in [0.4, 0.5) is 5.82 Å². The van der Waals surface area contributed by atoms with E-state index in [-0.39, 0.29) is 0 Å². The lowest BCUT2D eigenvalue weighted by atomic mass is 10.00. The molecule has 0 saturated heterocycles. The van der Waals surface area contributed by atoms with E-state index in [0.717, 1.165) is 40.6 Å². The Labute approximate surface area is 184 Å². The molecule has 1 fully saturated rings. The van der Waals surface area contributed by atoms with Gasteiger partial charge in [0.25, 0.3) is 0 Å². The van der Waals surface area contributed by atoms with Gasteiger partial charge in [0, 0.05) is 36.1 Å². The van der Waals surface area contributed by atoms with Crippen molar-refractivity contribution in [2.75, 3.05) is 5.32 Å². The summed E-state index contributed by atoms with van der Waals surface area (Å²) >= 11 is 0. The van der Waals surface area contributed by atoms with Crippen LogP contribution in [0.15, 0.2) is 67.1 Å². The fourth-order valence-electron chi connectivity index (χ4n) is 4.26. The van der Waals surface area contributed by atoms with E-state index in [1.807, 2.05) is 42.9 Å². The highest BCUT2D eigenvalue weighted by atomic mass is 15.3. The Bertz CT molecular complexity index is 1080. The molecule has 1 N–H and O–H groups in total. The number of fused-ring (bicyclic) bond motifs is 1. The highest BCUT2D eigenvalue weighted by Crippen LogP contribution is 2.30. The monoisotopic (exact) mass is 413 g/mol. The zero-order valence-corrected chi connectivity index (χ0v) is 18.5. The molecule has 5 rings (SSSR count). The summed E-state index contributed by atoms with van der Waals surface area (Å²) in [4.78, 5) is 9.22. The topological polar surface area (TPSA) is 55.1 Å². The molecule has 1 saturated carbocycles. The SMILES string of the molecule is CC.c1ccc(-c2cc(NCc3cccnc3)n3ncc(CC4CCCC4)c3n2)cc1. The Morgan fingerprint density at radius 2 is 1.81 bits per heavy atom. The number of nitrogens with one attached hydrogen (secondary N) is 1. The normalized spacial score (nSPS) is 13.7. The maximum atomic E-state index is 5.01. The number of hydrogen-bond donors (Lipinski definition) is 1. The Morgan fingerprint density at radius 1 is 1.00 bits per heavy atom. The molecule has 0 radical (unpaired) electrons. The molecule has 0 aliphatic heterocycles. The van der Waals surface area contributed by atoms with E-state index in [0.29, 0.717) is 6.54 Å². The minimum absolute atomic E-state index is 0.693. The third-order valence-corrected chi connectivity index (χ3v) is 5.79. The summed E-state index contributed by atoms with van der Waals surface area (Å²) < 4.78 is 1.95. The van der Waals surface area contributed by atoms with Crippen LogP contribution in [-0.4, -0.2) is 19.6 Å². The molecule has 3 aromatic heterocycles. The van der Waals surface area contributed by atoms with Crippen molar-refractivity contribution < 1.29 is 0 Å². The summed E-state index contributed by atoms with van der Waals surface area (Å²) in [6.45, 7) is 4.69. The summed E-state index contributed by atoms with van der Waals surface area (Å²) in [7, 11) is 0. The van der Waals surface area contributed by atoms with Crippen molar-refractivity contribution in [3.63, 3.8) is 0 Å². The van der Waals surface area contributed by atoms with Crippen molar-refractivity contribution in [2.24, 2.45) is 5.92 Å². The van der Waals surface area contributed by atoms with E-state index >= 15 is 0 Å². The molecule has 160 valence electrons.